The van der Waals surface area contributed by atoms with E-state index in [4.69, 9.17) is 4.42 Å². The van der Waals surface area contributed by atoms with Crippen LogP contribution in [0.3, 0.4) is 0 Å². The molecule has 0 bridgehead atoms. The van der Waals surface area contributed by atoms with Crippen LogP contribution in [0.4, 0.5) is 17.1 Å². The molecule has 14 rings (SSSR count). The highest BCUT2D eigenvalue weighted by Gasteiger charge is 2.52. The van der Waals surface area contributed by atoms with Crippen LogP contribution in [-0.2, 0) is 10.8 Å². The third-order valence-corrected chi connectivity index (χ3v) is 14.9. The van der Waals surface area contributed by atoms with Crippen LogP contribution in [0.25, 0.3) is 77.2 Å². The van der Waals surface area contributed by atoms with E-state index in [2.05, 4.69) is 225 Å². The molecule has 3 aliphatic carbocycles. The number of rotatable bonds is 4. The summed E-state index contributed by atoms with van der Waals surface area (Å²) in [7, 11) is 0. The molecule has 1 atom stereocenters. The van der Waals surface area contributed by atoms with E-state index in [-0.39, 0.29) is 5.41 Å². The SMILES string of the molecule is CC1(C)c2ccccc2-c2ccc(N(c3cccc(-c4cccc5c4-c4ccccc4C54c5ccccc5-c5c4ccc4ccccc54)c3)c3ccc4c(c3)oc3ccccc34)cc21. The van der Waals surface area contributed by atoms with Crippen LogP contribution < -0.4 is 4.90 Å². The number of nitrogens with zero attached hydrogens (tertiary/aromatic N) is 1. The summed E-state index contributed by atoms with van der Waals surface area (Å²) in [5, 5.41) is 4.82. The number of hydrogen-bond acceptors (Lipinski definition) is 2. The van der Waals surface area contributed by atoms with Gasteiger partial charge in [-0.2, -0.15) is 0 Å². The predicted octanol–water partition coefficient (Wildman–Crippen LogP) is 16.5. The fraction of sp³-hybridized carbons (Fsp3) is 0.0645. The van der Waals surface area contributed by atoms with Crippen molar-refractivity contribution in [3.63, 3.8) is 0 Å². The van der Waals surface area contributed by atoms with Crippen molar-refractivity contribution in [2.45, 2.75) is 24.7 Å². The molecule has 0 saturated carbocycles. The fourth-order valence-electron chi connectivity index (χ4n) is 12.1. The van der Waals surface area contributed by atoms with Crippen molar-refractivity contribution in [1.82, 2.24) is 0 Å². The van der Waals surface area contributed by atoms with Crippen molar-refractivity contribution in [2.75, 3.05) is 4.90 Å². The number of furan rings is 1. The minimum absolute atomic E-state index is 0.143. The molecule has 1 aromatic heterocycles. The largest absolute Gasteiger partial charge is 0.456 e. The second-order valence-electron chi connectivity index (χ2n) is 18.3. The Morgan fingerprint density at radius 3 is 1.77 bits per heavy atom. The zero-order chi connectivity index (χ0) is 42.3. The maximum atomic E-state index is 6.53. The van der Waals surface area contributed by atoms with Gasteiger partial charge in [0.05, 0.1) is 5.41 Å². The van der Waals surface area contributed by atoms with E-state index in [0.29, 0.717) is 0 Å². The molecule has 10 aromatic carbocycles. The minimum Gasteiger partial charge on any atom is -0.456 e. The standard InChI is InChI=1S/C62H41NO/c1-61(2)51-24-9-5-19-45(51)46-32-30-41(36-56(46)61)63(42-31-33-48-47-20-8-12-28-57(47)64-58(48)37-42)40-17-13-16-39(35-40)44-23-14-27-54-60(44)50-22-7-11-26-53(50)62(54)52-25-10-6-21-49(52)59-43-18-4-3-15-38(43)29-34-55(59)62/h3-37H,1-2H3. The smallest absolute Gasteiger partial charge is 0.137 e. The van der Waals surface area contributed by atoms with E-state index in [1.165, 1.54) is 88.7 Å². The van der Waals surface area contributed by atoms with Gasteiger partial charge in [-0.05, 0) is 131 Å². The molecule has 1 heterocycles. The van der Waals surface area contributed by atoms with Gasteiger partial charge in [-0.15, -0.1) is 0 Å². The van der Waals surface area contributed by atoms with E-state index in [0.717, 1.165) is 39.0 Å². The van der Waals surface area contributed by atoms with Gasteiger partial charge in [-0.3, -0.25) is 0 Å². The molecule has 0 radical (unpaired) electrons. The summed E-state index contributed by atoms with van der Waals surface area (Å²) in [4.78, 5) is 2.42. The normalized spacial score (nSPS) is 15.8. The molecule has 11 aromatic rings. The Labute approximate surface area is 372 Å². The second-order valence-corrected chi connectivity index (χ2v) is 18.3. The highest BCUT2D eigenvalue weighted by molar-refractivity contribution is 6.08. The molecular formula is C62H41NO. The molecule has 0 saturated heterocycles. The number of para-hydroxylation sites is 1. The predicted molar refractivity (Wildman–Crippen MR) is 265 cm³/mol. The van der Waals surface area contributed by atoms with E-state index in [1.807, 2.05) is 6.07 Å². The van der Waals surface area contributed by atoms with E-state index < -0.39 is 5.41 Å². The molecule has 2 heteroatoms. The van der Waals surface area contributed by atoms with Gasteiger partial charge in [-0.25, -0.2) is 0 Å². The van der Waals surface area contributed by atoms with Crippen LogP contribution >= 0.6 is 0 Å². The first-order chi connectivity index (χ1) is 31.5. The Hall–Kier alpha value is -7.94. The molecule has 2 nitrogen and oxygen atoms in total. The lowest BCUT2D eigenvalue weighted by Crippen LogP contribution is -2.25. The van der Waals surface area contributed by atoms with Gasteiger partial charge in [0.15, 0.2) is 0 Å². The van der Waals surface area contributed by atoms with E-state index in [9.17, 15) is 0 Å². The van der Waals surface area contributed by atoms with Crippen LogP contribution in [0, 0.1) is 0 Å². The molecule has 1 spiro atoms. The van der Waals surface area contributed by atoms with Crippen molar-refractivity contribution < 1.29 is 4.42 Å². The third kappa shape index (κ3) is 4.59. The topological polar surface area (TPSA) is 16.4 Å². The summed E-state index contributed by atoms with van der Waals surface area (Å²) in [6.45, 7) is 4.72. The highest BCUT2D eigenvalue weighted by Crippen LogP contribution is 2.65. The zero-order valence-electron chi connectivity index (χ0n) is 35.6. The molecule has 0 amide bonds. The lowest BCUT2D eigenvalue weighted by molar-refractivity contribution is 0.660. The third-order valence-electron chi connectivity index (χ3n) is 14.9. The number of fused-ring (bicyclic) bond motifs is 18. The Morgan fingerprint density at radius 1 is 0.344 bits per heavy atom. The Morgan fingerprint density at radius 2 is 0.922 bits per heavy atom. The summed E-state index contributed by atoms with van der Waals surface area (Å²) in [6, 6.07) is 79.0. The average molecular weight is 816 g/mol. The van der Waals surface area contributed by atoms with E-state index in [1.54, 1.807) is 0 Å². The summed E-state index contributed by atoms with van der Waals surface area (Å²) in [5.74, 6) is 0. The van der Waals surface area contributed by atoms with Crippen LogP contribution in [0.5, 0.6) is 0 Å². The second kappa shape index (κ2) is 12.8. The van der Waals surface area contributed by atoms with Gasteiger partial charge in [0.2, 0.25) is 0 Å². The van der Waals surface area contributed by atoms with Gasteiger partial charge in [0.1, 0.15) is 11.2 Å². The van der Waals surface area contributed by atoms with Crippen molar-refractivity contribution in [1.29, 1.82) is 0 Å². The minimum atomic E-state index is -0.446. The lowest BCUT2D eigenvalue weighted by Gasteiger charge is -2.30. The van der Waals surface area contributed by atoms with Crippen molar-refractivity contribution in [3.05, 3.63) is 246 Å². The molecule has 0 N–H and O–H groups in total. The molecule has 1 unspecified atom stereocenters. The Balaban J connectivity index is 0.987. The maximum Gasteiger partial charge on any atom is 0.137 e. The van der Waals surface area contributed by atoms with Gasteiger partial charge in [0.25, 0.3) is 0 Å². The summed E-state index contributed by atoms with van der Waals surface area (Å²) in [6.07, 6.45) is 0. The van der Waals surface area contributed by atoms with Crippen LogP contribution in [0.15, 0.2) is 217 Å². The molecule has 3 aliphatic rings. The van der Waals surface area contributed by atoms with Gasteiger partial charge in [-0.1, -0.05) is 178 Å². The number of anilines is 3. The first-order valence-corrected chi connectivity index (χ1v) is 22.4. The van der Waals surface area contributed by atoms with Crippen molar-refractivity contribution >= 4 is 49.8 Å². The molecule has 300 valence electrons. The van der Waals surface area contributed by atoms with Crippen molar-refractivity contribution in [2.24, 2.45) is 0 Å². The van der Waals surface area contributed by atoms with Crippen LogP contribution in [0.1, 0.15) is 47.2 Å². The summed E-state index contributed by atoms with van der Waals surface area (Å²) in [5.41, 5.74) is 22.8. The number of benzene rings is 10. The monoisotopic (exact) mass is 815 g/mol. The van der Waals surface area contributed by atoms with Crippen LogP contribution in [-0.4, -0.2) is 0 Å². The summed E-state index contributed by atoms with van der Waals surface area (Å²) < 4.78 is 6.53. The quantitative estimate of drug-likeness (QED) is 0.176. The van der Waals surface area contributed by atoms with Crippen molar-refractivity contribution in [3.8, 4) is 44.5 Å². The van der Waals surface area contributed by atoms with Crippen LogP contribution in [0.2, 0.25) is 0 Å². The Kier molecular flexibility index (Phi) is 7.13. The first-order valence-electron chi connectivity index (χ1n) is 22.4. The Bertz CT molecular complexity index is 3790. The fourth-order valence-corrected chi connectivity index (χ4v) is 12.1. The lowest BCUT2D eigenvalue weighted by atomic mass is 9.70. The zero-order valence-corrected chi connectivity index (χ0v) is 35.6. The molecule has 0 fully saturated rings. The van der Waals surface area contributed by atoms with Gasteiger partial charge >= 0.3 is 0 Å². The molecular weight excluding hydrogens is 775 g/mol. The summed E-state index contributed by atoms with van der Waals surface area (Å²) >= 11 is 0. The molecule has 64 heavy (non-hydrogen) atoms. The molecule has 0 aliphatic heterocycles. The first kappa shape index (κ1) is 35.6. The van der Waals surface area contributed by atoms with Gasteiger partial charge < -0.3 is 9.32 Å². The van der Waals surface area contributed by atoms with E-state index >= 15 is 0 Å². The number of hydrogen-bond donors (Lipinski definition) is 0. The highest BCUT2D eigenvalue weighted by atomic mass is 16.3. The maximum absolute atomic E-state index is 6.53. The average Bonchev–Trinajstić information content (AvgIpc) is 4.04. The van der Waals surface area contributed by atoms with Gasteiger partial charge in [0, 0.05) is 39.3 Å².